The Morgan fingerprint density at radius 2 is 1.06 bits per heavy atom. The molecule has 2 fully saturated rings. The first-order valence-corrected chi connectivity index (χ1v) is 21.3. The van der Waals surface area contributed by atoms with Gasteiger partial charge in [-0.05, 0) is 12.8 Å². The third-order valence-corrected chi connectivity index (χ3v) is 10.8. The van der Waals surface area contributed by atoms with E-state index in [0.29, 0.717) is 12.8 Å². The number of aliphatic hydroxyl groups is 8. The Balaban J connectivity index is 1.91. The second-order valence-corrected chi connectivity index (χ2v) is 15.5. The van der Waals surface area contributed by atoms with E-state index in [-0.39, 0.29) is 12.5 Å². The molecular weight excluding hydrogens is 702 g/mol. The van der Waals surface area contributed by atoms with E-state index in [1.165, 1.54) is 77.0 Å². The van der Waals surface area contributed by atoms with Crippen LogP contribution in [-0.4, -0.2) is 140 Å². The maximum absolute atomic E-state index is 13.0. The Hall–Kier alpha value is -1.01. The Labute approximate surface area is 323 Å². The fourth-order valence-electron chi connectivity index (χ4n) is 7.23. The van der Waals surface area contributed by atoms with E-state index in [1.807, 2.05) is 0 Å². The van der Waals surface area contributed by atoms with Gasteiger partial charge in [-0.3, -0.25) is 4.79 Å². The summed E-state index contributed by atoms with van der Waals surface area (Å²) in [6, 6.07) is -0.817. The van der Waals surface area contributed by atoms with E-state index in [2.05, 4.69) is 19.2 Å². The van der Waals surface area contributed by atoms with E-state index in [0.717, 1.165) is 51.4 Å². The first-order chi connectivity index (χ1) is 26.1. The van der Waals surface area contributed by atoms with Crippen molar-refractivity contribution in [3.05, 3.63) is 0 Å². The van der Waals surface area contributed by atoms with Crippen molar-refractivity contribution in [3.63, 3.8) is 0 Å². The van der Waals surface area contributed by atoms with E-state index >= 15 is 0 Å². The van der Waals surface area contributed by atoms with Crippen LogP contribution < -0.4 is 5.32 Å². The summed E-state index contributed by atoms with van der Waals surface area (Å²) in [5.74, 6) is -0.213. The summed E-state index contributed by atoms with van der Waals surface area (Å²) in [4.78, 5) is 13.0. The van der Waals surface area contributed by atoms with Gasteiger partial charge in [0, 0.05) is 6.42 Å². The largest absolute Gasteiger partial charge is 0.394 e. The van der Waals surface area contributed by atoms with Crippen LogP contribution in [-0.2, 0) is 23.7 Å². The fraction of sp³-hybridized carbons (Fsp3) is 0.975. The average molecular weight is 780 g/mol. The minimum atomic E-state index is -1.78. The van der Waals surface area contributed by atoms with Gasteiger partial charge in [0.05, 0.1) is 32.0 Å². The summed E-state index contributed by atoms with van der Waals surface area (Å²) < 4.78 is 22.6. The number of rotatable bonds is 31. The fourth-order valence-corrected chi connectivity index (χ4v) is 7.23. The maximum Gasteiger partial charge on any atom is 0.220 e. The van der Waals surface area contributed by atoms with Gasteiger partial charge >= 0.3 is 0 Å². The molecule has 2 aliphatic rings. The molecule has 0 saturated carbocycles. The molecule has 1 amide bonds. The summed E-state index contributed by atoms with van der Waals surface area (Å²) in [5.41, 5.74) is 0. The second-order valence-electron chi connectivity index (χ2n) is 15.5. The molecule has 54 heavy (non-hydrogen) atoms. The van der Waals surface area contributed by atoms with E-state index in [1.54, 1.807) is 0 Å². The molecule has 0 aromatic heterocycles. The molecule has 12 atom stereocenters. The van der Waals surface area contributed by atoms with E-state index in [9.17, 15) is 45.6 Å². The van der Waals surface area contributed by atoms with Gasteiger partial charge in [0.2, 0.25) is 5.91 Å². The summed E-state index contributed by atoms with van der Waals surface area (Å²) in [7, 11) is 0. The predicted molar refractivity (Wildman–Crippen MR) is 203 cm³/mol. The summed E-state index contributed by atoms with van der Waals surface area (Å²) in [6.07, 6.45) is 7.07. The number of aliphatic hydroxyl groups excluding tert-OH is 8. The lowest BCUT2D eigenvalue weighted by atomic mass is 9.97. The molecule has 0 radical (unpaired) electrons. The zero-order valence-electron chi connectivity index (χ0n) is 33.2. The van der Waals surface area contributed by atoms with Gasteiger partial charge < -0.3 is 65.1 Å². The summed E-state index contributed by atoms with van der Waals surface area (Å²) >= 11 is 0. The molecule has 2 rings (SSSR count). The molecule has 0 aromatic rings. The standard InChI is InChI=1S/C40H77NO13/c1-3-5-7-9-11-13-14-15-16-17-19-21-23-29(44)28(41-32(45)24-22-20-18-12-10-8-6-4-2)27-51-39-37(50)35(48)38(31(26-43)53-39)54-40-36(49)34(47)33(46)30(25-42)52-40/h28-31,33-40,42-44,46-50H,3-27H2,1-2H3,(H,41,45). The van der Waals surface area contributed by atoms with Crippen molar-refractivity contribution < 1.29 is 64.6 Å². The van der Waals surface area contributed by atoms with Crippen molar-refractivity contribution in [1.29, 1.82) is 0 Å². The van der Waals surface area contributed by atoms with Crippen molar-refractivity contribution in [2.75, 3.05) is 19.8 Å². The lowest BCUT2D eigenvalue weighted by molar-refractivity contribution is -0.359. The zero-order valence-corrected chi connectivity index (χ0v) is 33.2. The van der Waals surface area contributed by atoms with Gasteiger partial charge in [-0.25, -0.2) is 0 Å². The van der Waals surface area contributed by atoms with Crippen LogP contribution >= 0.6 is 0 Å². The molecule has 2 heterocycles. The third kappa shape index (κ3) is 18.1. The van der Waals surface area contributed by atoms with Crippen LogP contribution in [0.25, 0.3) is 0 Å². The number of unbranched alkanes of at least 4 members (excludes halogenated alkanes) is 18. The monoisotopic (exact) mass is 780 g/mol. The first kappa shape index (κ1) is 49.1. The number of amides is 1. The molecule has 0 aromatic carbocycles. The van der Waals surface area contributed by atoms with Crippen LogP contribution in [0.1, 0.15) is 155 Å². The van der Waals surface area contributed by atoms with Gasteiger partial charge in [-0.1, -0.05) is 136 Å². The van der Waals surface area contributed by atoms with Crippen LogP contribution in [0, 0.1) is 0 Å². The van der Waals surface area contributed by atoms with Crippen molar-refractivity contribution in [2.24, 2.45) is 0 Å². The van der Waals surface area contributed by atoms with Gasteiger partial charge in [-0.2, -0.15) is 0 Å². The number of ether oxygens (including phenoxy) is 4. The van der Waals surface area contributed by atoms with Gasteiger partial charge in [-0.15, -0.1) is 0 Å². The van der Waals surface area contributed by atoms with E-state index < -0.39 is 86.8 Å². The Morgan fingerprint density at radius 3 is 1.57 bits per heavy atom. The molecule has 0 spiro atoms. The number of hydrogen-bond acceptors (Lipinski definition) is 13. The topological polar surface area (TPSA) is 228 Å². The molecule has 0 bridgehead atoms. The maximum atomic E-state index is 13.0. The molecule has 320 valence electrons. The average Bonchev–Trinajstić information content (AvgIpc) is 3.17. The van der Waals surface area contributed by atoms with Crippen LogP contribution in [0.15, 0.2) is 0 Å². The molecule has 2 aliphatic heterocycles. The number of carbonyl (C=O) groups is 1. The first-order valence-electron chi connectivity index (χ1n) is 21.3. The third-order valence-electron chi connectivity index (χ3n) is 10.8. The molecular formula is C40H77NO13. The minimum absolute atomic E-state index is 0.213. The smallest absolute Gasteiger partial charge is 0.220 e. The van der Waals surface area contributed by atoms with Crippen LogP contribution in [0.3, 0.4) is 0 Å². The van der Waals surface area contributed by atoms with Crippen LogP contribution in [0.4, 0.5) is 0 Å². The quantitative estimate of drug-likeness (QED) is 0.0462. The van der Waals surface area contributed by atoms with Gasteiger partial charge in [0.1, 0.15) is 48.8 Å². The molecule has 14 nitrogen and oxygen atoms in total. The normalized spacial score (nSPS) is 30.0. The van der Waals surface area contributed by atoms with Crippen molar-refractivity contribution in [1.82, 2.24) is 5.32 Å². The van der Waals surface area contributed by atoms with Crippen molar-refractivity contribution in [2.45, 2.75) is 229 Å². The minimum Gasteiger partial charge on any atom is -0.394 e. The predicted octanol–water partition coefficient (Wildman–Crippen LogP) is 3.09. The number of hydrogen-bond donors (Lipinski definition) is 9. The highest BCUT2D eigenvalue weighted by molar-refractivity contribution is 5.76. The van der Waals surface area contributed by atoms with Crippen molar-refractivity contribution >= 4 is 5.91 Å². The Bertz CT molecular complexity index is 930. The summed E-state index contributed by atoms with van der Waals surface area (Å²) in [5, 5.41) is 86.3. The summed E-state index contributed by atoms with van der Waals surface area (Å²) in [6.45, 7) is 2.78. The number of nitrogens with one attached hydrogen (secondary N) is 1. The zero-order chi connectivity index (χ0) is 39.7. The highest BCUT2D eigenvalue weighted by atomic mass is 16.7. The Morgan fingerprint density at radius 1 is 0.593 bits per heavy atom. The van der Waals surface area contributed by atoms with Gasteiger partial charge in [0.15, 0.2) is 12.6 Å². The Kier molecular flexibility index (Phi) is 26.6. The molecule has 2 saturated heterocycles. The second kappa shape index (κ2) is 29.2. The molecule has 0 aliphatic carbocycles. The molecule has 12 unspecified atom stereocenters. The van der Waals surface area contributed by atoms with Gasteiger partial charge in [0.25, 0.3) is 0 Å². The molecule has 14 heteroatoms. The number of carbonyl (C=O) groups excluding carboxylic acids is 1. The lowest BCUT2D eigenvalue weighted by Gasteiger charge is -2.46. The van der Waals surface area contributed by atoms with Crippen molar-refractivity contribution in [3.8, 4) is 0 Å². The van der Waals surface area contributed by atoms with Crippen LogP contribution in [0.5, 0.6) is 0 Å². The highest BCUT2D eigenvalue weighted by Crippen LogP contribution is 2.30. The SMILES string of the molecule is CCCCCCCCCCCCCCC(O)C(COC1OC(CO)C(OC2OC(CO)C(O)C(O)C2O)C(O)C1O)NC(=O)CCCCCCCCCC. The highest BCUT2D eigenvalue weighted by Gasteiger charge is 2.50. The van der Waals surface area contributed by atoms with Crippen LogP contribution in [0.2, 0.25) is 0 Å². The molecule has 9 N–H and O–H groups in total. The lowest BCUT2D eigenvalue weighted by Crippen LogP contribution is -2.65. The van der Waals surface area contributed by atoms with E-state index in [4.69, 9.17) is 18.9 Å².